The molecule has 1 aromatic carbocycles. The van der Waals surface area contributed by atoms with E-state index < -0.39 is 17.4 Å². The van der Waals surface area contributed by atoms with Gasteiger partial charge in [-0.1, -0.05) is 12.1 Å². The lowest BCUT2D eigenvalue weighted by Gasteiger charge is -2.44. The lowest BCUT2D eigenvalue weighted by atomic mass is 9.65. The van der Waals surface area contributed by atoms with Crippen molar-refractivity contribution in [3.63, 3.8) is 0 Å². The molecule has 0 unspecified atom stereocenters. The van der Waals surface area contributed by atoms with E-state index in [0.29, 0.717) is 30.2 Å². The number of carbonyl (C=O) groups excluding carboxylic acids is 1. The number of halogens is 2. The van der Waals surface area contributed by atoms with Gasteiger partial charge in [0.2, 0.25) is 6.41 Å². The van der Waals surface area contributed by atoms with Gasteiger partial charge >= 0.3 is 0 Å². The van der Waals surface area contributed by atoms with Crippen LogP contribution >= 0.6 is 0 Å². The van der Waals surface area contributed by atoms with E-state index >= 15 is 0 Å². The molecule has 160 valence electrons. The molecule has 3 aromatic rings. The lowest BCUT2D eigenvalue weighted by molar-refractivity contribution is -0.107. The first-order valence-corrected chi connectivity index (χ1v) is 9.90. The summed E-state index contributed by atoms with van der Waals surface area (Å²) in [6.07, 6.45) is 1.69. The fourth-order valence-electron chi connectivity index (χ4n) is 3.86. The van der Waals surface area contributed by atoms with Gasteiger partial charge in [0.15, 0.2) is 0 Å². The maximum Gasteiger partial charge on any atom is 0.228 e. The Bertz CT molecular complexity index is 1040. The van der Waals surface area contributed by atoms with Crippen LogP contribution in [-0.2, 0) is 10.2 Å². The van der Waals surface area contributed by atoms with Gasteiger partial charge in [0.05, 0.1) is 17.1 Å². The van der Waals surface area contributed by atoms with Crippen LogP contribution in [-0.4, -0.2) is 41.4 Å². The Kier molecular flexibility index (Phi) is 5.85. The number of hydrogen-bond acceptors (Lipinski definition) is 6. The van der Waals surface area contributed by atoms with Crippen LogP contribution in [0.4, 0.5) is 20.3 Å². The van der Waals surface area contributed by atoms with E-state index in [4.69, 9.17) is 0 Å². The van der Waals surface area contributed by atoms with Crippen molar-refractivity contribution in [2.75, 3.05) is 23.9 Å². The van der Waals surface area contributed by atoms with Gasteiger partial charge in [-0.15, -0.1) is 10.2 Å². The van der Waals surface area contributed by atoms with Crippen LogP contribution in [0.5, 0.6) is 0 Å². The van der Waals surface area contributed by atoms with Crippen LogP contribution in [0.2, 0.25) is 0 Å². The highest BCUT2D eigenvalue weighted by atomic mass is 19.1. The zero-order valence-corrected chi connectivity index (χ0v) is 16.9. The standard InChI is InChI=1S/C22H22F2N6O/c1-25-30(14-31)17-6-4-15(5-7-17)19-8-9-20(29-28-19)27-13-22(11-16(23)12-22)21-18(24)3-2-10-26-21/h2-10,14,16,25H,11-13H2,1H3,(H,27,29). The highest BCUT2D eigenvalue weighted by Crippen LogP contribution is 2.45. The largest absolute Gasteiger partial charge is 0.368 e. The summed E-state index contributed by atoms with van der Waals surface area (Å²) in [4.78, 5) is 15.2. The average Bonchev–Trinajstić information content (AvgIpc) is 2.78. The molecule has 1 fully saturated rings. The topological polar surface area (TPSA) is 83.0 Å². The van der Waals surface area contributed by atoms with Crippen molar-refractivity contribution in [3.05, 3.63) is 66.2 Å². The van der Waals surface area contributed by atoms with E-state index in [9.17, 15) is 13.6 Å². The molecule has 0 aliphatic heterocycles. The van der Waals surface area contributed by atoms with E-state index in [-0.39, 0.29) is 18.5 Å². The molecule has 0 radical (unpaired) electrons. The summed E-state index contributed by atoms with van der Waals surface area (Å²) in [5.74, 6) is 0.0909. The molecule has 2 N–H and O–H groups in total. The number of nitrogens with zero attached hydrogens (tertiary/aromatic N) is 4. The lowest BCUT2D eigenvalue weighted by Crippen LogP contribution is -2.49. The Hall–Kier alpha value is -3.46. The van der Waals surface area contributed by atoms with Crippen LogP contribution in [0.15, 0.2) is 54.7 Å². The van der Waals surface area contributed by atoms with Gasteiger partial charge in [-0.3, -0.25) is 9.78 Å². The first-order chi connectivity index (χ1) is 15.0. The summed E-state index contributed by atoms with van der Waals surface area (Å²) in [5.41, 5.74) is 4.56. The van der Waals surface area contributed by atoms with Crippen LogP contribution < -0.4 is 15.8 Å². The van der Waals surface area contributed by atoms with E-state index in [0.717, 1.165) is 5.56 Å². The number of amides is 1. The van der Waals surface area contributed by atoms with Gasteiger partial charge in [0, 0.05) is 30.8 Å². The third kappa shape index (κ3) is 4.22. The normalized spacial score (nSPS) is 20.0. The van der Waals surface area contributed by atoms with Gasteiger partial charge in [-0.05, 0) is 49.2 Å². The average molecular weight is 424 g/mol. The third-order valence-electron chi connectivity index (χ3n) is 5.55. The Morgan fingerprint density at radius 2 is 1.94 bits per heavy atom. The van der Waals surface area contributed by atoms with Gasteiger partial charge in [0.1, 0.15) is 17.8 Å². The van der Waals surface area contributed by atoms with E-state index in [1.807, 2.05) is 18.2 Å². The second-order valence-electron chi connectivity index (χ2n) is 7.52. The smallest absolute Gasteiger partial charge is 0.228 e. The van der Waals surface area contributed by atoms with Crippen LogP contribution in [0.25, 0.3) is 11.3 Å². The molecule has 9 heteroatoms. The molecule has 1 aliphatic rings. The molecule has 31 heavy (non-hydrogen) atoms. The molecule has 7 nitrogen and oxygen atoms in total. The van der Waals surface area contributed by atoms with Crippen LogP contribution in [0, 0.1) is 5.82 Å². The summed E-state index contributed by atoms with van der Waals surface area (Å²) in [6.45, 7) is 0.315. The molecule has 0 saturated heterocycles. The maximum atomic E-state index is 14.3. The van der Waals surface area contributed by atoms with Crippen LogP contribution in [0.3, 0.4) is 0 Å². The summed E-state index contributed by atoms with van der Waals surface area (Å²) >= 11 is 0. The predicted molar refractivity (Wildman–Crippen MR) is 114 cm³/mol. The minimum atomic E-state index is -0.960. The van der Waals surface area contributed by atoms with Crippen molar-refractivity contribution in [2.24, 2.45) is 0 Å². The minimum absolute atomic E-state index is 0.218. The molecule has 1 aliphatic carbocycles. The monoisotopic (exact) mass is 424 g/mol. The maximum absolute atomic E-state index is 14.3. The van der Waals surface area contributed by atoms with Crippen molar-refractivity contribution in [1.29, 1.82) is 0 Å². The molecule has 1 amide bonds. The zero-order valence-electron chi connectivity index (χ0n) is 16.9. The Morgan fingerprint density at radius 3 is 2.52 bits per heavy atom. The summed E-state index contributed by atoms with van der Waals surface area (Å²) < 4.78 is 27.9. The third-order valence-corrected chi connectivity index (χ3v) is 5.55. The number of hydrazine groups is 1. The number of carbonyl (C=O) groups is 1. The molecular weight excluding hydrogens is 402 g/mol. The number of aromatic nitrogens is 3. The molecule has 4 rings (SSSR count). The van der Waals surface area contributed by atoms with Gasteiger partial charge in [-0.25, -0.2) is 19.2 Å². The summed E-state index contributed by atoms with van der Waals surface area (Å²) in [7, 11) is 1.66. The number of alkyl halides is 1. The zero-order chi connectivity index (χ0) is 21.8. The highest BCUT2D eigenvalue weighted by Gasteiger charge is 2.48. The first-order valence-electron chi connectivity index (χ1n) is 9.90. The second-order valence-corrected chi connectivity index (χ2v) is 7.52. The van der Waals surface area contributed by atoms with E-state index in [1.54, 1.807) is 25.2 Å². The molecule has 0 bridgehead atoms. The Labute approximate surface area is 178 Å². The van der Waals surface area contributed by atoms with Crippen molar-refractivity contribution >= 4 is 17.9 Å². The molecular formula is C22H22F2N6O. The molecule has 1 saturated carbocycles. The molecule has 2 heterocycles. The van der Waals surface area contributed by atoms with Gasteiger partial charge in [-0.2, -0.15) is 0 Å². The molecule has 2 aromatic heterocycles. The second kappa shape index (κ2) is 8.73. The quantitative estimate of drug-likeness (QED) is 0.427. The fraction of sp³-hybridized carbons (Fsp3) is 0.273. The van der Waals surface area contributed by atoms with Crippen molar-refractivity contribution < 1.29 is 13.6 Å². The predicted octanol–water partition coefficient (Wildman–Crippen LogP) is 3.26. The number of benzene rings is 1. The van der Waals surface area contributed by atoms with Crippen molar-refractivity contribution in [1.82, 2.24) is 20.6 Å². The van der Waals surface area contributed by atoms with Gasteiger partial charge in [0.25, 0.3) is 0 Å². The number of anilines is 2. The number of hydrogen-bond donors (Lipinski definition) is 2. The van der Waals surface area contributed by atoms with Gasteiger partial charge < -0.3 is 5.32 Å². The number of pyridine rings is 1. The SMILES string of the molecule is CNN(C=O)c1ccc(-c2ccc(NCC3(c4ncccc4F)CC(F)C3)nn2)cc1. The minimum Gasteiger partial charge on any atom is -0.368 e. The molecule has 0 atom stereocenters. The first kappa shape index (κ1) is 20.8. The van der Waals surface area contributed by atoms with E-state index in [2.05, 4.69) is 25.9 Å². The van der Waals surface area contributed by atoms with Crippen molar-refractivity contribution in [3.8, 4) is 11.3 Å². The number of nitrogens with one attached hydrogen (secondary N) is 2. The fourth-order valence-corrected chi connectivity index (χ4v) is 3.86. The highest BCUT2D eigenvalue weighted by molar-refractivity contribution is 5.75. The Morgan fingerprint density at radius 1 is 1.16 bits per heavy atom. The van der Waals surface area contributed by atoms with E-state index in [1.165, 1.54) is 23.3 Å². The molecule has 0 spiro atoms. The van der Waals surface area contributed by atoms with Crippen LogP contribution in [0.1, 0.15) is 18.5 Å². The number of rotatable bonds is 8. The summed E-state index contributed by atoms with van der Waals surface area (Å²) in [6, 6.07) is 13.7. The van der Waals surface area contributed by atoms with Crippen molar-refractivity contribution in [2.45, 2.75) is 24.4 Å². The Balaban J connectivity index is 1.45. The summed E-state index contributed by atoms with van der Waals surface area (Å²) in [5, 5.41) is 12.9.